The number of anilines is 1. The number of hydrogen-bond acceptors (Lipinski definition) is 4. The fourth-order valence-electron chi connectivity index (χ4n) is 2.10. The highest BCUT2D eigenvalue weighted by Gasteiger charge is 2.18. The topological polar surface area (TPSA) is 46.1 Å². The molecular weight excluding hydrogens is 214 g/mol. The largest absolute Gasteiger partial charge is 0.333 e. The summed E-state index contributed by atoms with van der Waals surface area (Å²) in [5.41, 5.74) is 1.16. The van der Waals surface area contributed by atoms with Crippen LogP contribution in [0, 0.1) is 5.92 Å². The molecule has 0 aliphatic carbocycles. The van der Waals surface area contributed by atoms with Crippen molar-refractivity contribution in [3.63, 3.8) is 0 Å². The van der Waals surface area contributed by atoms with Gasteiger partial charge in [0.05, 0.1) is 6.54 Å². The summed E-state index contributed by atoms with van der Waals surface area (Å²) in [5.74, 6) is 1.58. The number of ketones is 1. The van der Waals surface area contributed by atoms with E-state index in [0.29, 0.717) is 24.8 Å². The lowest BCUT2D eigenvalue weighted by Crippen LogP contribution is -2.36. The van der Waals surface area contributed by atoms with Crippen LogP contribution in [0.3, 0.4) is 0 Å². The number of rotatable bonds is 3. The molecule has 0 saturated carbocycles. The fourth-order valence-corrected chi connectivity index (χ4v) is 2.10. The number of Topliss-reactive ketones (excluding diaryl/α,β-unsaturated/α-hetero) is 1. The van der Waals surface area contributed by atoms with Crippen LogP contribution in [0.4, 0.5) is 5.95 Å². The predicted molar refractivity (Wildman–Crippen MR) is 67.0 cm³/mol. The Hall–Kier alpha value is -1.45. The Kier molecular flexibility index (Phi) is 3.71. The van der Waals surface area contributed by atoms with Gasteiger partial charge in [0, 0.05) is 25.4 Å². The highest BCUT2D eigenvalue weighted by Crippen LogP contribution is 2.14. The van der Waals surface area contributed by atoms with Crippen LogP contribution < -0.4 is 4.90 Å². The zero-order chi connectivity index (χ0) is 12.3. The van der Waals surface area contributed by atoms with Crippen molar-refractivity contribution in [2.24, 2.45) is 5.92 Å². The van der Waals surface area contributed by atoms with Gasteiger partial charge < -0.3 is 4.90 Å². The van der Waals surface area contributed by atoms with E-state index in [1.807, 2.05) is 17.3 Å². The first-order chi connectivity index (χ1) is 8.15. The average Bonchev–Trinajstić information content (AvgIpc) is 2.29. The van der Waals surface area contributed by atoms with Crippen molar-refractivity contribution in [2.45, 2.75) is 33.1 Å². The van der Waals surface area contributed by atoms with Crippen LogP contribution in [0.5, 0.6) is 0 Å². The minimum absolute atomic E-state index is 0.283. The fraction of sp³-hybridized carbons (Fsp3) is 0.615. The molecule has 0 amide bonds. The van der Waals surface area contributed by atoms with Crippen molar-refractivity contribution in [3.05, 3.63) is 18.0 Å². The molecule has 1 aromatic heterocycles. The lowest BCUT2D eigenvalue weighted by atomic mass is 10.1. The molecule has 0 bridgehead atoms. The standard InChI is InChI=1S/C13H19N3O/c1-10(2)6-11-7-14-13(15-8-11)16-5-3-4-12(17)9-16/h7-8,10H,3-6,9H2,1-2H3. The predicted octanol–water partition coefficient (Wildman–Crippen LogP) is 1.84. The van der Waals surface area contributed by atoms with Crippen molar-refractivity contribution in [1.29, 1.82) is 0 Å². The van der Waals surface area contributed by atoms with Gasteiger partial charge in [0.2, 0.25) is 5.95 Å². The van der Waals surface area contributed by atoms with E-state index in [0.717, 1.165) is 24.9 Å². The Morgan fingerprint density at radius 3 is 2.65 bits per heavy atom. The minimum atomic E-state index is 0.283. The van der Waals surface area contributed by atoms with Crippen molar-refractivity contribution >= 4 is 11.7 Å². The maximum absolute atomic E-state index is 11.4. The summed E-state index contributed by atoms with van der Waals surface area (Å²) in [6, 6.07) is 0. The maximum Gasteiger partial charge on any atom is 0.225 e. The Bertz CT molecular complexity index is 386. The van der Waals surface area contributed by atoms with Gasteiger partial charge in [-0.15, -0.1) is 0 Å². The third kappa shape index (κ3) is 3.25. The van der Waals surface area contributed by atoms with E-state index in [1.54, 1.807) is 0 Å². The Labute approximate surface area is 102 Å². The molecule has 0 unspecified atom stereocenters. The highest BCUT2D eigenvalue weighted by molar-refractivity contribution is 5.84. The van der Waals surface area contributed by atoms with Crippen molar-refractivity contribution < 1.29 is 4.79 Å². The number of piperidine rings is 1. The second-order valence-electron chi connectivity index (χ2n) is 5.05. The SMILES string of the molecule is CC(C)Cc1cnc(N2CCCC(=O)C2)nc1. The number of hydrogen-bond donors (Lipinski definition) is 0. The molecule has 92 valence electrons. The van der Waals surface area contributed by atoms with Gasteiger partial charge in [-0.25, -0.2) is 9.97 Å². The maximum atomic E-state index is 11.4. The number of nitrogens with zero attached hydrogens (tertiary/aromatic N) is 3. The van der Waals surface area contributed by atoms with Gasteiger partial charge in [0.15, 0.2) is 5.78 Å². The van der Waals surface area contributed by atoms with E-state index in [-0.39, 0.29) is 5.78 Å². The number of carbonyl (C=O) groups is 1. The normalized spacial score (nSPS) is 16.6. The van der Waals surface area contributed by atoms with Crippen LogP contribution in [0.15, 0.2) is 12.4 Å². The minimum Gasteiger partial charge on any atom is -0.333 e. The van der Waals surface area contributed by atoms with Gasteiger partial charge in [-0.1, -0.05) is 13.8 Å². The zero-order valence-corrected chi connectivity index (χ0v) is 10.5. The molecule has 0 spiro atoms. The molecule has 1 aliphatic heterocycles. The summed E-state index contributed by atoms with van der Waals surface area (Å²) in [4.78, 5) is 22.0. The lowest BCUT2D eigenvalue weighted by Gasteiger charge is -2.25. The smallest absolute Gasteiger partial charge is 0.225 e. The molecular formula is C13H19N3O. The van der Waals surface area contributed by atoms with E-state index in [2.05, 4.69) is 23.8 Å². The molecule has 2 rings (SSSR count). The van der Waals surface area contributed by atoms with Crippen LogP contribution >= 0.6 is 0 Å². The van der Waals surface area contributed by atoms with Gasteiger partial charge >= 0.3 is 0 Å². The monoisotopic (exact) mass is 233 g/mol. The van der Waals surface area contributed by atoms with Crippen molar-refractivity contribution in [3.8, 4) is 0 Å². The molecule has 0 aromatic carbocycles. The summed E-state index contributed by atoms with van der Waals surface area (Å²) >= 11 is 0. The molecule has 0 atom stereocenters. The summed E-state index contributed by atoms with van der Waals surface area (Å²) in [5, 5.41) is 0. The molecule has 1 fully saturated rings. The molecule has 0 radical (unpaired) electrons. The summed E-state index contributed by atoms with van der Waals surface area (Å²) < 4.78 is 0. The van der Waals surface area contributed by atoms with Crippen LogP contribution in [0.25, 0.3) is 0 Å². The Morgan fingerprint density at radius 1 is 1.35 bits per heavy atom. The van der Waals surface area contributed by atoms with E-state index in [9.17, 15) is 4.79 Å². The van der Waals surface area contributed by atoms with E-state index in [1.165, 1.54) is 0 Å². The quantitative estimate of drug-likeness (QED) is 0.799. The van der Waals surface area contributed by atoms with Crippen LogP contribution in [-0.2, 0) is 11.2 Å². The average molecular weight is 233 g/mol. The van der Waals surface area contributed by atoms with Crippen LogP contribution in [0.1, 0.15) is 32.3 Å². The van der Waals surface area contributed by atoms with Gasteiger partial charge in [-0.3, -0.25) is 4.79 Å². The molecule has 17 heavy (non-hydrogen) atoms. The van der Waals surface area contributed by atoms with E-state index >= 15 is 0 Å². The molecule has 1 aliphatic rings. The van der Waals surface area contributed by atoms with Crippen molar-refractivity contribution in [2.75, 3.05) is 18.0 Å². The molecule has 4 heteroatoms. The first-order valence-electron chi connectivity index (χ1n) is 6.22. The van der Waals surface area contributed by atoms with Gasteiger partial charge in [0.1, 0.15) is 0 Å². The lowest BCUT2D eigenvalue weighted by molar-refractivity contribution is -0.118. The number of carbonyl (C=O) groups excluding carboxylic acids is 1. The molecule has 1 saturated heterocycles. The van der Waals surface area contributed by atoms with Crippen LogP contribution in [-0.4, -0.2) is 28.8 Å². The first kappa shape index (κ1) is 12.0. The van der Waals surface area contributed by atoms with Crippen LogP contribution in [0.2, 0.25) is 0 Å². The first-order valence-corrected chi connectivity index (χ1v) is 6.22. The Morgan fingerprint density at radius 2 is 2.06 bits per heavy atom. The third-order valence-electron chi connectivity index (χ3n) is 2.87. The second kappa shape index (κ2) is 5.25. The van der Waals surface area contributed by atoms with E-state index in [4.69, 9.17) is 0 Å². The van der Waals surface area contributed by atoms with Gasteiger partial charge in [-0.05, 0) is 24.3 Å². The molecule has 4 nitrogen and oxygen atoms in total. The van der Waals surface area contributed by atoms with Crippen molar-refractivity contribution in [1.82, 2.24) is 9.97 Å². The molecule has 2 heterocycles. The summed E-state index contributed by atoms with van der Waals surface area (Å²) in [6.45, 7) is 5.70. The second-order valence-corrected chi connectivity index (χ2v) is 5.05. The van der Waals surface area contributed by atoms with Gasteiger partial charge in [0.25, 0.3) is 0 Å². The third-order valence-corrected chi connectivity index (χ3v) is 2.87. The summed E-state index contributed by atoms with van der Waals surface area (Å²) in [6.07, 6.45) is 6.36. The number of aromatic nitrogens is 2. The zero-order valence-electron chi connectivity index (χ0n) is 10.5. The molecule has 1 aromatic rings. The van der Waals surface area contributed by atoms with E-state index < -0.39 is 0 Å². The molecule has 0 N–H and O–H groups in total. The van der Waals surface area contributed by atoms with Gasteiger partial charge in [-0.2, -0.15) is 0 Å². The highest BCUT2D eigenvalue weighted by atomic mass is 16.1. The summed E-state index contributed by atoms with van der Waals surface area (Å²) in [7, 11) is 0. The Balaban J connectivity index is 2.04.